The van der Waals surface area contributed by atoms with Crippen molar-refractivity contribution in [2.75, 3.05) is 12.4 Å². The summed E-state index contributed by atoms with van der Waals surface area (Å²) in [7, 11) is 0. The molecule has 1 aromatic heterocycles. The number of amides is 3. The van der Waals surface area contributed by atoms with Crippen molar-refractivity contribution < 1.29 is 19.1 Å². The van der Waals surface area contributed by atoms with Crippen LogP contribution in [0.1, 0.15) is 19.1 Å². The zero-order valence-corrected chi connectivity index (χ0v) is 11.5. The van der Waals surface area contributed by atoms with Gasteiger partial charge in [0.1, 0.15) is 5.76 Å². The number of hydrogen-bond donors (Lipinski definition) is 3. The van der Waals surface area contributed by atoms with Crippen LogP contribution >= 0.6 is 11.8 Å². The van der Waals surface area contributed by atoms with Gasteiger partial charge in [-0.2, -0.15) is 0 Å². The van der Waals surface area contributed by atoms with Gasteiger partial charge in [-0.05, 0) is 18.6 Å². The molecule has 3 N–H and O–H groups in total. The Hall–Kier alpha value is -1.47. The third-order valence-corrected chi connectivity index (χ3v) is 3.52. The highest BCUT2D eigenvalue weighted by Crippen LogP contribution is 2.12. The number of carbonyl (C=O) groups is 2. The average molecular weight is 286 g/mol. The summed E-state index contributed by atoms with van der Waals surface area (Å²) in [5.41, 5.74) is 0. The van der Waals surface area contributed by atoms with E-state index in [2.05, 4.69) is 10.6 Å². The predicted octanol–water partition coefficient (Wildman–Crippen LogP) is 1.11. The number of aliphatic hydroxyl groups excluding tert-OH is 1. The lowest BCUT2D eigenvalue weighted by Crippen LogP contribution is -2.40. The van der Waals surface area contributed by atoms with E-state index in [-0.39, 0.29) is 30.1 Å². The quantitative estimate of drug-likeness (QED) is 0.698. The normalized spacial score (nSPS) is 11.9. The van der Waals surface area contributed by atoms with Crippen LogP contribution in [0.25, 0.3) is 0 Å². The second-order valence-electron chi connectivity index (χ2n) is 3.94. The Balaban J connectivity index is 2.15. The second kappa shape index (κ2) is 8.60. The maximum Gasteiger partial charge on any atom is 0.321 e. The van der Waals surface area contributed by atoms with Gasteiger partial charge in [-0.1, -0.05) is 6.92 Å². The summed E-state index contributed by atoms with van der Waals surface area (Å²) in [6, 6.07) is 2.91. The molecule has 0 spiro atoms. The SMILES string of the molecule is CC(CCO)SCC(=O)NC(=O)NCc1ccco1. The van der Waals surface area contributed by atoms with E-state index < -0.39 is 6.03 Å². The Kier molecular flexibility index (Phi) is 7.06. The number of hydrogen-bond acceptors (Lipinski definition) is 5. The lowest BCUT2D eigenvalue weighted by Gasteiger charge is -2.09. The maximum absolute atomic E-state index is 11.4. The molecule has 3 amide bonds. The zero-order valence-electron chi connectivity index (χ0n) is 10.7. The van der Waals surface area contributed by atoms with Gasteiger partial charge in [-0.25, -0.2) is 4.79 Å². The molecule has 19 heavy (non-hydrogen) atoms. The van der Waals surface area contributed by atoms with E-state index in [0.29, 0.717) is 12.2 Å². The summed E-state index contributed by atoms with van der Waals surface area (Å²) in [6.45, 7) is 2.25. The van der Waals surface area contributed by atoms with Gasteiger partial charge in [0.25, 0.3) is 0 Å². The van der Waals surface area contributed by atoms with Crippen molar-refractivity contribution in [2.24, 2.45) is 0 Å². The Morgan fingerprint density at radius 2 is 2.32 bits per heavy atom. The number of nitrogens with one attached hydrogen (secondary N) is 2. The standard InChI is InChI=1S/C12H18N2O4S/c1-9(4-5-15)19-8-11(16)14-12(17)13-7-10-3-2-6-18-10/h2-3,6,9,15H,4-5,7-8H2,1H3,(H2,13,14,16,17). The van der Waals surface area contributed by atoms with Crippen molar-refractivity contribution in [3.63, 3.8) is 0 Å². The molecule has 106 valence electrons. The molecule has 7 heteroatoms. The molecule has 0 aliphatic carbocycles. The lowest BCUT2D eigenvalue weighted by molar-refractivity contribution is -0.117. The predicted molar refractivity (Wildman–Crippen MR) is 72.7 cm³/mol. The number of thioether (sulfide) groups is 1. The number of rotatable bonds is 7. The molecule has 1 unspecified atom stereocenters. The summed E-state index contributed by atoms with van der Waals surface area (Å²) in [6.07, 6.45) is 2.14. The molecule has 1 aromatic rings. The van der Waals surface area contributed by atoms with Crippen LogP contribution in [-0.4, -0.2) is 34.7 Å². The van der Waals surface area contributed by atoms with Gasteiger partial charge < -0.3 is 14.8 Å². The first-order valence-electron chi connectivity index (χ1n) is 5.94. The van der Waals surface area contributed by atoms with Crippen molar-refractivity contribution in [1.82, 2.24) is 10.6 Å². The number of furan rings is 1. The van der Waals surface area contributed by atoms with Gasteiger partial charge in [-0.15, -0.1) is 11.8 Å². The van der Waals surface area contributed by atoms with Gasteiger partial charge in [0, 0.05) is 11.9 Å². The van der Waals surface area contributed by atoms with Gasteiger partial charge in [0.15, 0.2) is 0 Å². The molecule has 0 bridgehead atoms. The first-order chi connectivity index (χ1) is 9.11. The third kappa shape index (κ3) is 6.88. The summed E-state index contributed by atoms with van der Waals surface area (Å²) in [5, 5.41) is 13.6. The smallest absolute Gasteiger partial charge is 0.321 e. The Morgan fingerprint density at radius 1 is 1.53 bits per heavy atom. The fraction of sp³-hybridized carbons (Fsp3) is 0.500. The number of imide groups is 1. The van der Waals surface area contributed by atoms with Crippen LogP contribution in [0.4, 0.5) is 4.79 Å². The molecule has 0 aromatic carbocycles. The van der Waals surface area contributed by atoms with Gasteiger partial charge in [0.05, 0.1) is 18.6 Å². The van der Waals surface area contributed by atoms with Crippen LogP contribution in [0, 0.1) is 0 Å². The average Bonchev–Trinajstić information content (AvgIpc) is 2.87. The van der Waals surface area contributed by atoms with Crippen molar-refractivity contribution in [1.29, 1.82) is 0 Å². The highest BCUT2D eigenvalue weighted by atomic mass is 32.2. The molecular weight excluding hydrogens is 268 g/mol. The molecule has 0 saturated carbocycles. The summed E-state index contributed by atoms with van der Waals surface area (Å²) in [4.78, 5) is 22.8. The van der Waals surface area contributed by atoms with E-state index in [1.807, 2.05) is 6.92 Å². The Bertz CT molecular complexity index is 394. The van der Waals surface area contributed by atoms with E-state index in [4.69, 9.17) is 9.52 Å². The van der Waals surface area contributed by atoms with Crippen LogP contribution < -0.4 is 10.6 Å². The fourth-order valence-corrected chi connectivity index (χ4v) is 2.05. The van der Waals surface area contributed by atoms with Crippen molar-refractivity contribution >= 4 is 23.7 Å². The van der Waals surface area contributed by atoms with Crippen LogP contribution in [0.3, 0.4) is 0 Å². The third-order valence-electron chi connectivity index (χ3n) is 2.29. The zero-order chi connectivity index (χ0) is 14.1. The van der Waals surface area contributed by atoms with Crippen LogP contribution in [0.15, 0.2) is 22.8 Å². The molecule has 1 rings (SSSR count). The van der Waals surface area contributed by atoms with Crippen molar-refractivity contribution in [2.45, 2.75) is 25.1 Å². The summed E-state index contributed by atoms with van der Waals surface area (Å²) >= 11 is 1.40. The first-order valence-corrected chi connectivity index (χ1v) is 6.99. The summed E-state index contributed by atoms with van der Waals surface area (Å²) in [5.74, 6) is 0.454. The van der Waals surface area contributed by atoms with Gasteiger partial charge >= 0.3 is 6.03 Å². The molecule has 6 nitrogen and oxygen atoms in total. The molecular formula is C12H18N2O4S. The topological polar surface area (TPSA) is 91.6 Å². The van der Waals surface area contributed by atoms with E-state index in [0.717, 1.165) is 0 Å². The maximum atomic E-state index is 11.4. The van der Waals surface area contributed by atoms with Crippen LogP contribution in [0.2, 0.25) is 0 Å². The molecule has 1 atom stereocenters. The lowest BCUT2D eigenvalue weighted by atomic mass is 10.3. The van der Waals surface area contributed by atoms with Gasteiger partial charge in [-0.3, -0.25) is 10.1 Å². The number of carbonyl (C=O) groups excluding carboxylic acids is 2. The second-order valence-corrected chi connectivity index (χ2v) is 5.37. The molecule has 0 saturated heterocycles. The highest BCUT2D eigenvalue weighted by Gasteiger charge is 2.10. The van der Waals surface area contributed by atoms with Gasteiger partial charge in [0.2, 0.25) is 5.91 Å². The van der Waals surface area contributed by atoms with E-state index in [1.165, 1.54) is 18.0 Å². The molecule has 0 radical (unpaired) electrons. The molecule has 0 fully saturated rings. The van der Waals surface area contributed by atoms with E-state index in [1.54, 1.807) is 12.1 Å². The first kappa shape index (κ1) is 15.6. The molecule has 0 aliphatic heterocycles. The monoisotopic (exact) mass is 286 g/mol. The van der Waals surface area contributed by atoms with Crippen LogP contribution in [0.5, 0.6) is 0 Å². The number of urea groups is 1. The Morgan fingerprint density at radius 3 is 2.95 bits per heavy atom. The highest BCUT2D eigenvalue weighted by molar-refractivity contribution is 8.00. The van der Waals surface area contributed by atoms with Crippen LogP contribution in [-0.2, 0) is 11.3 Å². The van der Waals surface area contributed by atoms with Crippen molar-refractivity contribution in [3.8, 4) is 0 Å². The minimum atomic E-state index is -0.545. The summed E-state index contributed by atoms with van der Waals surface area (Å²) < 4.78 is 5.04. The Labute approximate surface area is 115 Å². The molecule has 0 aliphatic rings. The molecule has 1 heterocycles. The van der Waals surface area contributed by atoms with Crippen molar-refractivity contribution in [3.05, 3.63) is 24.2 Å². The minimum Gasteiger partial charge on any atom is -0.467 e. The minimum absolute atomic E-state index is 0.0966. The number of aliphatic hydroxyl groups is 1. The fourth-order valence-electron chi connectivity index (χ4n) is 1.27. The largest absolute Gasteiger partial charge is 0.467 e. The van der Waals surface area contributed by atoms with E-state index in [9.17, 15) is 9.59 Å². The van der Waals surface area contributed by atoms with E-state index >= 15 is 0 Å².